The molecule has 0 N–H and O–H groups in total. The summed E-state index contributed by atoms with van der Waals surface area (Å²) in [6.07, 6.45) is 83.0. The van der Waals surface area contributed by atoms with Crippen LogP contribution in [0.25, 0.3) is 0 Å². The minimum Gasteiger partial charge on any atom is -0.462 e. The molecule has 1 atom stereocenters. The Morgan fingerprint density at radius 2 is 0.527 bits per heavy atom. The highest BCUT2D eigenvalue weighted by Gasteiger charge is 2.19. The topological polar surface area (TPSA) is 78.9 Å². The number of ether oxygens (including phenoxy) is 3. The van der Waals surface area contributed by atoms with E-state index in [2.05, 4.69) is 118 Å². The maximum absolute atomic E-state index is 12.8. The van der Waals surface area contributed by atoms with Crippen LogP contribution in [-0.2, 0) is 28.6 Å². The van der Waals surface area contributed by atoms with Crippen LogP contribution < -0.4 is 0 Å². The van der Waals surface area contributed by atoms with E-state index in [-0.39, 0.29) is 31.1 Å². The summed E-state index contributed by atoms with van der Waals surface area (Å²) in [7, 11) is 0. The maximum Gasteiger partial charge on any atom is 0.306 e. The predicted molar refractivity (Wildman–Crippen MR) is 320 cm³/mol. The lowest BCUT2D eigenvalue weighted by atomic mass is 10.0. The molecule has 0 heterocycles. The average Bonchev–Trinajstić information content (AvgIpc) is 3.40. The molecular formula is C68H116O6. The summed E-state index contributed by atoms with van der Waals surface area (Å²) in [5.74, 6) is -0.877. The Morgan fingerprint density at radius 1 is 0.284 bits per heavy atom. The molecule has 74 heavy (non-hydrogen) atoms. The maximum atomic E-state index is 12.8. The number of hydrogen-bond donors (Lipinski definition) is 0. The van der Waals surface area contributed by atoms with Gasteiger partial charge in [0, 0.05) is 19.3 Å². The molecule has 0 amide bonds. The first-order chi connectivity index (χ1) is 36.5. The van der Waals surface area contributed by atoms with Crippen molar-refractivity contribution in [3.63, 3.8) is 0 Å². The standard InChI is InChI=1S/C68H116O6/c1-4-7-10-13-16-18-20-22-24-25-26-27-28-29-30-31-32-33-34-35-36-37-38-39-40-41-42-43-44-46-47-49-52-55-58-61-67(70)73-64-65(63-72-66(69)60-57-54-51-15-12-9-6-3)74-68(71)62-59-56-53-50-48-45-23-21-19-17-14-11-8-5-2/h7,10,16,18,22,24,26-27,29-30,32-33,35-36,38-39,65H,4-6,8-9,11-15,17,19-21,23,25,28,31,34,37,40-64H2,1-3H3/b10-7-,18-16-,24-22-,27-26-,30-29-,33-32-,36-35-,39-38-. The van der Waals surface area contributed by atoms with E-state index in [0.29, 0.717) is 19.3 Å². The van der Waals surface area contributed by atoms with Crippen molar-refractivity contribution in [2.45, 2.75) is 303 Å². The van der Waals surface area contributed by atoms with Crippen LogP contribution in [0, 0.1) is 0 Å². The highest BCUT2D eigenvalue weighted by molar-refractivity contribution is 5.71. The number of rotatable bonds is 56. The van der Waals surface area contributed by atoms with Crippen molar-refractivity contribution in [3.8, 4) is 0 Å². The van der Waals surface area contributed by atoms with Gasteiger partial charge in [0.05, 0.1) is 0 Å². The second-order valence-electron chi connectivity index (χ2n) is 20.6. The zero-order chi connectivity index (χ0) is 53.6. The zero-order valence-electron chi connectivity index (χ0n) is 48.6. The first-order valence-electron chi connectivity index (χ1n) is 31.2. The fourth-order valence-corrected chi connectivity index (χ4v) is 8.69. The Morgan fingerprint density at radius 3 is 0.824 bits per heavy atom. The molecule has 1 unspecified atom stereocenters. The Labute approximate surface area is 457 Å². The van der Waals surface area contributed by atoms with Gasteiger partial charge in [-0.3, -0.25) is 14.4 Å². The molecule has 6 nitrogen and oxygen atoms in total. The summed E-state index contributed by atoms with van der Waals surface area (Å²) in [6, 6.07) is 0. The molecule has 0 saturated heterocycles. The molecule has 0 aliphatic carbocycles. The van der Waals surface area contributed by atoms with E-state index in [0.717, 1.165) is 109 Å². The summed E-state index contributed by atoms with van der Waals surface area (Å²) in [5.41, 5.74) is 0. The van der Waals surface area contributed by atoms with Gasteiger partial charge in [-0.05, 0) is 83.5 Å². The van der Waals surface area contributed by atoms with E-state index in [1.807, 2.05) is 0 Å². The number of allylic oxidation sites excluding steroid dienone is 16. The SMILES string of the molecule is CC/C=C\C/C=C\C/C=C\C/C=C\C/C=C\C/C=C\C/C=C\C/C=C\CCCCCCCCCCCCC(=O)OCC(COC(=O)CCCCCCCCC)OC(=O)CCCCCCCCCCCCCCCC. The van der Waals surface area contributed by atoms with Crippen LogP contribution in [0.15, 0.2) is 97.2 Å². The van der Waals surface area contributed by atoms with Crippen molar-refractivity contribution in [1.82, 2.24) is 0 Å². The van der Waals surface area contributed by atoms with E-state index < -0.39 is 6.10 Å². The van der Waals surface area contributed by atoms with Crippen LogP contribution in [-0.4, -0.2) is 37.2 Å². The second-order valence-corrected chi connectivity index (χ2v) is 20.6. The molecule has 0 saturated carbocycles. The first-order valence-corrected chi connectivity index (χ1v) is 31.2. The van der Waals surface area contributed by atoms with Gasteiger partial charge in [0.1, 0.15) is 13.2 Å². The third kappa shape index (κ3) is 59.2. The van der Waals surface area contributed by atoms with Crippen LogP contribution in [0.5, 0.6) is 0 Å². The summed E-state index contributed by atoms with van der Waals surface area (Å²) in [6.45, 7) is 6.50. The lowest BCUT2D eigenvalue weighted by Crippen LogP contribution is -2.30. The molecule has 0 aromatic carbocycles. The van der Waals surface area contributed by atoms with Crippen LogP contribution in [0.2, 0.25) is 0 Å². The molecule has 0 spiro atoms. The predicted octanol–water partition coefficient (Wildman–Crippen LogP) is 21.3. The van der Waals surface area contributed by atoms with E-state index in [1.165, 1.54) is 148 Å². The molecule has 0 aromatic rings. The molecule has 0 fully saturated rings. The number of carbonyl (C=O) groups excluding carboxylic acids is 3. The van der Waals surface area contributed by atoms with Crippen LogP contribution in [0.3, 0.4) is 0 Å². The first kappa shape index (κ1) is 70.3. The van der Waals surface area contributed by atoms with E-state index >= 15 is 0 Å². The zero-order valence-corrected chi connectivity index (χ0v) is 48.6. The quantitative estimate of drug-likeness (QED) is 0.0261. The summed E-state index contributed by atoms with van der Waals surface area (Å²) in [4.78, 5) is 38.0. The van der Waals surface area contributed by atoms with Gasteiger partial charge in [0.2, 0.25) is 0 Å². The lowest BCUT2D eigenvalue weighted by molar-refractivity contribution is -0.167. The highest BCUT2D eigenvalue weighted by atomic mass is 16.6. The smallest absolute Gasteiger partial charge is 0.306 e. The van der Waals surface area contributed by atoms with Gasteiger partial charge in [-0.2, -0.15) is 0 Å². The molecule has 0 radical (unpaired) electrons. The Hall–Kier alpha value is -3.67. The lowest BCUT2D eigenvalue weighted by Gasteiger charge is -2.18. The molecule has 6 heteroatoms. The van der Waals surface area contributed by atoms with Gasteiger partial charge >= 0.3 is 17.9 Å². The molecule has 424 valence electrons. The fourth-order valence-electron chi connectivity index (χ4n) is 8.69. The Balaban J connectivity index is 4.06. The van der Waals surface area contributed by atoms with E-state index in [1.54, 1.807) is 0 Å². The highest BCUT2D eigenvalue weighted by Crippen LogP contribution is 2.16. The van der Waals surface area contributed by atoms with Gasteiger partial charge in [-0.1, -0.05) is 291 Å². The van der Waals surface area contributed by atoms with Gasteiger partial charge in [0.15, 0.2) is 6.10 Å². The fraction of sp³-hybridized carbons (Fsp3) is 0.721. The van der Waals surface area contributed by atoms with Crippen molar-refractivity contribution in [2.75, 3.05) is 13.2 Å². The number of esters is 3. The number of hydrogen-bond acceptors (Lipinski definition) is 6. The van der Waals surface area contributed by atoms with Crippen LogP contribution in [0.4, 0.5) is 0 Å². The second kappa shape index (κ2) is 61.9. The monoisotopic (exact) mass is 1030 g/mol. The molecular weight excluding hydrogens is 913 g/mol. The Kier molecular flexibility index (Phi) is 58.8. The minimum absolute atomic E-state index is 0.0741. The van der Waals surface area contributed by atoms with Crippen LogP contribution >= 0.6 is 0 Å². The van der Waals surface area contributed by atoms with Gasteiger partial charge in [-0.15, -0.1) is 0 Å². The van der Waals surface area contributed by atoms with Crippen LogP contribution in [0.1, 0.15) is 297 Å². The third-order valence-corrected chi connectivity index (χ3v) is 13.4. The van der Waals surface area contributed by atoms with E-state index in [4.69, 9.17) is 14.2 Å². The van der Waals surface area contributed by atoms with Gasteiger partial charge in [-0.25, -0.2) is 0 Å². The minimum atomic E-state index is -0.773. The number of unbranched alkanes of at least 4 members (excludes halogenated alkanes) is 29. The molecule has 0 rings (SSSR count). The largest absolute Gasteiger partial charge is 0.462 e. The average molecular weight is 1030 g/mol. The van der Waals surface area contributed by atoms with E-state index in [9.17, 15) is 14.4 Å². The Bertz CT molecular complexity index is 1460. The summed E-state index contributed by atoms with van der Waals surface area (Å²) >= 11 is 0. The normalized spacial score (nSPS) is 12.7. The number of carbonyl (C=O) groups is 3. The van der Waals surface area contributed by atoms with Gasteiger partial charge in [0.25, 0.3) is 0 Å². The molecule has 0 bridgehead atoms. The van der Waals surface area contributed by atoms with Gasteiger partial charge < -0.3 is 14.2 Å². The molecule has 0 aromatic heterocycles. The third-order valence-electron chi connectivity index (χ3n) is 13.4. The molecule has 0 aliphatic rings. The van der Waals surface area contributed by atoms with Crippen molar-refractivity contribution in [1.29, 1.82) is 0 Å². The summed E-state index contributed by atoms with van der Waals surface area (Å²) in [5, 5.41) is 0. The summed E-state index contributed by atoms with van der Waals surface area (Å²) < 4.78 is 16.8. The van der Waals surface area contributed by atoms with Crippen molar-refractivity contribution < 1.29 is 28.6 Å². The van der Waals surface area contributed by atoms with Crippen molar-refractivity contribution in [3.05, 3.63) is 97.2 Å². The van der Waals surface area contributed by atoms with Crippen molar-refractivity contribution >= 4 is 17.9 Å². The van der Waals surface area contributed by atoms with Crippen molar-refractivity contribution in [2.24, 2.45) is 0 Å². The molecule has 0 aliphatic heterocycles.